The van der Waals surface area contributed by atoms with Crippen LogP contribution in [0.15, 0.2) is 48.5 Å². The first-order chi connectivity index (χ1) is 13.7. The van der Waals surface area contributed by atoms with Gasteiger partial charge in [0.25, 0.3) is 5.91 Å². The number of hydrogen-bond acceptors (Lipinski definition) is 5. The summed E-state index contributed by atoms with van der Waals surface area (Å²) in [6.07, 6.45) is 0.678. The third kappa shape index (κ3) is 3.51. The van der Waals surface area contributed by atoms with Gasteiger partial charge >= 0.3 is 0 Å². The van der Waals surface area contributed by atoms with Gasteiger partial charge in [-0.05, 0) is 42.3 Å². The Kier molecular flexibility index (Phi) is 4.89. The fraction of sp³-hybridized carbons (Fsp3) is 0.238. The summed E-state index contributed by atoms with van der Waals surface area (Å²) in [5, 5.41) is 7.27. The summed E-state index contributed by atoms with van der Waals surface area (Å²) in [4.78, 5) is 12.5. The molecule has 1 aromatic heterocycles. The predicted octanol–water partition coefficient (Wildman–Crippen LogP) is 2.80. The smallest absolute Gasteiger partial charge is 0.271 e. The van der Waals surface area contributed by atoms with Crippen LogP contribution in [0.25, 0.3) is 11.3 Å². The number of amides is 1. The zero-order chi connectivity index (χ0) is 19.5. The van der Waals surface area contributed by atoms with Crippen LogP contribution >= 0.6 is 0 Å². The maximum Gasteiger partial charge on any atom is 0.271 e. The lowest BCUT2D eigenvalue weighted by Crippen LogP contribution is -2.26. The van der Waals surface area contributed by atoms with Crippen LogP contribution in [0, 0.1) is 0 Å². The highest BCUT2D eigenvalue weighted by Gasteiger charge is 2.18. The molecular weight excluding hydrogens is 358 g/mol. The molecule has 0 unspecified atom stereocenters. The van der Waals surface area contributed by atoms with Gasteiger partial charge in [-0.25, -0.2) is 0 Å². The molecule has 144 valence electrons. The number of ether oxygens (including phenoxy) is 3. The minimum atomic E-state index is -0.211. The molecule has 7 heteroatoms. The van der Waals surface area contributed by atoms with Crippen LogP contribution in [0.5, 0.6) is 17.2 Å². The molecule has 0 atom stereocenters. The van der Waals surface area contributed by atoms with Crippen molar-refractivity contribution in [1.82, 2.24) is 15.1 Å². The molecule has 0 saturated heterocycles. The van der Waals surface area contributed by atoms with E-state index in [0.29, 0.717) is 24.4 Å². The summed E-state index contributed by atoms with van der Waals surface area (Å²) < 4.78 is 17.8. The Morgan fingerprint density at radius 3 is 2.86 bits per heavy atom. The summed E-state index contributed by atoms with van der Waals surface area (Å²) in [5.41, 5.74) is 3.16. The molecule has 1 aliphatic heterocycles. The minimum Gasteiger partial charge on any atom is -0.496 e. The Hall–Kier alpha value is -3.48. The van der Waals surface area contributed by atoms with Crippen molar-refractivity contribution in [3.63, 3.8) is 0 Å². The third-order valence-corrected chi connectivity index (χ3v) is 4.65. The highest BCUT2D eigenvalue weighted by atomic mass is 16.7. The van der Waals surface area contributed by atoms with E-state index in [9.17, 15) is 4.79 Å². The summed E-state index contributed by atoms with van der Waals surface area (Å²) in [6.45, 7) is 0.721. The third-order valence-electron chi connectivity index (χ3n) is 4.65. The molecule has 0 aliphatic carbocycles. The van der Waals surface area contributed by atoms with Crippen molar-refractivity contribution in [1.29, 1.82) is 0 Å². The number of rotatable bonds is 6. The van der Waals surface area contributed by atoms with Gasteiger partial charge in [0, 0.05) is 19.2 Å². The summed E-state index contributed by atoms with van der Waals surface area (Å²) in [6, 6.07) is 15.2. The van der Waals surface area contributed by atoms with Crippen LogP contribution in [0.4, 0.5) is 0 Å². The molecule has 3 aromatic rings. The largest absolute Gasteiger partial charge is 0.496 e. The first-order valence-electron chi connectivity index (χ1n) is 9.00. The molecule has 0 radical (unpaired) electrons. The second-order valence-corrected chi connectivity index (χ2v) is 6.42. The van der Waals surface area contributed by atoms with E-state index in [4.69, 9.17) is 14.2 Å². The molecule has 0 saturated carbocycles. The second-order valence-electron chi connectivity index (χ2n) is 6.42. The topological polar surface area (TPSA) is 74.6 Å². The predicted molar refractivity (Wildman–Crippen MR) is 104 cm³/mol. The van der Waals surface area contributed by atoms with E-state index in [1.165, 1.54) is 0 Å². The summed E-state index contributed by atoms with van der Waals surface area (Å²) in [5.74, 6) is 2.03. The van der Waals surface area contributed by atoms with Crippen LogP contribution in [-0.4, -0.2) is 36.1 Å². The van der Waals surface area contributed by atoms with Gasteiger partial charge in [-0.1, -0.05) is 18.2 Å². The molecule has 28 heavy (non-hydrogen) atoms. The quantitative estimate of drug-likeness (QED) is 0.713. The van der Waals surface area contributed by atoms with Gasteiger partial charge in [-0.2, -0.15) is 5.10 Å². The van der Waals surface area contributed by atoms with Gasteiger partial charge < -0.3 is 19.5 Å². The first kappa shape index (κ1) is 17.9. The number of methoxy groups -OCH3 is 1. The summed E-state index contributed by atoms with van der Waals surface area (Å²) in [7, 11) is 3.45. The highest BCUT2D eigenvalue weighted by molar-refractivity contribution is 5.93. The summed E-state index contributed by atoms with van der Waals surface area (Å²) >= 11 is 0. The second kappa shape index (κ2) is 7.64. The average Bonchev–Trinajstić information content (AvgIpc) is 3.34. The van der Waals surface area contributed by atoms with E-state index in [-0.39, 0.29) is 12.7 Å². The van der Waals surface area contributed by atoms with Crippen molar-refractivity contribution in [2.45, 2.75) is 6.42 Å². The molecule has 0 bridgehead atoms. The van der Waals surface area contributed by atoms with Crippen molar-refractivity contribution < 1.29 is 19.0 Å². The highest BCUT2D eigenvalue weighted by Crippen LogP contribution is 2.35. The van der Waals surface area contributed by atoms with E-state index in [0.717, 1.165) is 28.3 Å². The van der Waals surface area contributed by atoms with E-state index in [1.807, 2.05) is 49.5 Å². The maximum atomic E-state index is 12.5. The first-order valence-corrected chi connectivity index (χ1v) is 9.00. The van der Waals surface area contributed by atoms with Crippen molar-refractivity contribution in [2.24, 2.45) is 7.05 Å². The lowest BCUT2D eigenvalue weighted by atomic mass is 10.1. The van der Waals surface area contributed by atoms with Gasteiger partial charge in [0.1, 0.15) is 5.75 Å². The SMILES string of the molecule is COc1ccccc1CCNC(=O)c1cc(-c2ccc3c(c2)OCO3)n(C)n1. The number of carbonyl (C=O) groups is 1. The molecule has 1 amide bonds. The van der Waals surface area contributed by atoms with Crippen molar-refractivity contribution >= 4 is 5.91 Å². The van der Waals surface area contributed by atoms with Crippen LogP contribution in [0.2, 0.25) is 0 Å². The lowest BCUT2D eigenvalue weighted by Gasteiger charge is -2.08. The molecule has 1 aliphatic rings. The number of nitrogens with zero attached hydrogens (tertiary/aromatic N) is 2. The van der Waals surface area contributed by atoms with Crippen LogP contribution < -0.4 is 19.5 Å². The Bertz CT molecular complexity index is 1010. The fourth-order valence-corrected chi connectivity index (χ4v) is 3.22. The number of para-hydroxylation sites is 1. The van der Waals surface area contributed by atoms with Gasteiger partial charge in [0.05, 0.1) is 12.8 Å². The Morgan fingerprint density at radius 1 is 1.18 bits per heavy atom. The number of nitrogens with one attached hydrogen (secondary N) is 1. The zero-order valence-corrected chi connectivity index (χ0v) is 15.8. The van der Waals surface area contributed by atoms with Gasteiger partial charge in [0.15, 0.2) is 17.2 Å². The molecule has 7 nitrogen and oxygen atoms in total. The number of benzene rings is 2. The number of carbonyl (C=O) groups excluding carboxylic acids is 1. The molecule has 0 spiro atoms. The zero-order valence-electron chi connectivity index (χ0n) is 15.8. The van der Waals surface area contributed by atoms with Crippen molar-refractivity contribution in [3.05, 3.63) is 59.8 Å². The molecular formula is C21H21N3O4. The maximum absolute atomic E-state index is 12.5. The number of aryl methyl sites for hydroxylation is 1. The van der Waals surface area contributed by atoms with Crippen LogP contribution in [-0.2, 0) is 13.5 Å². The molecule has 2 heterocycles. The van der Waals surface area contributed by atoms with Crippen molar-refractivity contribution in [3.8, 4) is 28.5 Å². The van der Waals surface area contributed by atoms with Crippen LogP contribution in [0.1, 0.15) is 16.1 Å². The van der Waals surface area contributed by atoms with Gasteiger partial charge in [-0.15, -0.1) is 0 Å². The molecule has 4 rings (SSSR count). The number of hydrogen-bond donors (Lipinski definition) is 1. The number of fused-ring (bicyclic) bond motifs is 1. The molecule has 1 N–H and O–H groups in total. The van der Waals surface area contributed by atoms with E-state index >= 15 is 0 Å². The minimum absolute atomic E-state index is 0.211. The lowest BCUT2D eigenvalue weighted by molar-refractivity contribution is 0.0948. The van der Waals surface area contributed by atoms with E-state index < -0.39 is 0 Å². The van der Waals surface area contributed by atoms with Crippen LogP contribution in [0.3, 0.4) is 0 Å². The number of aromatic nitrogens is 2. The van der Waals surface area contributed by atoms with Gasteiger partial charge in [-0.3, -0.25) is 9.48 Å². The van der Waals surface area contributed by atoms with Crippen molar-refractivity contribution in [2.75, 3.05) is 20.4 Å². The average molecular weight is 379 g/mol. The molecule has 2 aromatic carbocycles. The van der Waals surface area contributed by atoms with Gasteiger partial charge in [0.2, 0.25) is 6.79 Å². The molecule has 0 fully saturated rings. The monoisotopic (exact) mass is 379 g/mol. The standard InChI is InChI=1S/C21H21N3O4/c1-24-17(15-7-8-19-20(11-15)28-13-27-19)12-16(23-24)21(25)22-10-9-14-5-3-4-6-18(14)26-2/h3-8,11-12H,9-10,13H2,1-2H3,(H,22,25). The Morgan fingerprint density at radius 2 is 2.00 bits per heavy atom. The Labute approximate surface area is 162 Å². The van der Waals surface area contributed by atoms with E-state index in [2.05, 4.69) is 10.4 Å². The normalized spacial score (nSPS) is 12.1. The van der Waals surface area contributed by atoms with E-state index in [1.54, 1.807) is 17.9 Å². The Balaban J connectivity index is 1.43. The fourth-order valence-electron chi connectivity index (χ4n) is 3.22.